The summed E-state index contributed by atoms with van der Waals surface area (Å²) in [6.45, 7) is 1.07. The van der Waals surface area contributed by atoms with Crippen LogP contribution in [0.4, 0.5) is 4.79 Å². The maximum absolute atomic E-state index is 12.6. The molecule has 3 rings (SSSR count). The molecule has 0 aliphatic carbocycles. The van der Waals surface area contributed by atoms with E-state index in [4.69, 9.17) is 19.0 Å². The Bertz CT molecular complexity index is 1090. The van der Waals surface area contributed by atoms with Gasteiger partial charge in [-0.1, -0.05) is 6.07 Å². The van der Waals surface area contributed by atoms with E-state index in [1.807, 2.05) is 12.1 Å². The van der Waals surface area contributed by atoms with Gasteiger partial charge in [0.25, 0.3) is 5.56 Å². The van der Waals surface area contributed by atoms with Gasteiger partial charge in [-0.25, -0.2) is 4.79 Å². The molecule has 0 saturated heterocycles. The maximum Gasteiger partial charge on any atom is 0.404 e. The second-order valence-electron chi connectivity index (χ2n) is 6.39. The van der Waals surface area contributed by atoms with E-state index in [9.17, 15) is 9.59 Å². The van der Waals surface area contributed by atoms with Crippen molar-refractivity contribution in [2.75, 3.05) is 27.3 Å². The van der Waals surface area contributed by atoms with Gasteiger partial charge >= 0.3 is 6.09 Å². The maximum atomic E-state index is 12.6. The van der Waals surface area contributed by atoms with Crippen molar-refractivity contribution in [2.24, 2.45) is 7.05 Å². The molecule has 0 bridgehead atoms. The molecule has 1 amide bonds. The van der Waals surface area contributed by atoms with E-state index in [0.29, 0.717) is 41.3 Å². The van der Waals surface area contributed by atoms with Crippen molar-refractivity contribution < 1.29 is 23.8 Å². The minimum absolute atomic E-state index is 0.160. The number of amides is 1. The number of methoxy groups -OCH3 is 2. The Balaban J connectivity index is 1.94. The lowest BCUT2D eigenvalue weighted by molar-refractivity contribution is 0.194. The standard InChI is InChI=1S/C20H23N3O6/c1-23-11-15(12-4-5-16(27-2)17(8-12)28-3)18-14(19(23)24)9-13(29-18)10-21-6-7-22-20(25)26/h4-5,8-9,11,21-22H,6-7,10H2,1-3H3,(H,25,26). The molecule has 3 aromatic rings. The van der Waals surface area contributed by atoms with E-state index in [1.165, 1.54) is 4.57 Å². The second-order valence-corrected chi connectivity index (χ2v) is 6.39. The summed E-state index contributed by atoms with van der Waals surface area (Å²) in [6, 6.07) is 7.21. The molecule has 1 aromatic carbocycles. The molecule has 0 saturated carbocycles. The number of furan rings is 1. The zero-order chi connectivity index (χ0) is 21.0. The van der Waals surface area contributed by atoms with E-state index >= 15 is 0 Å². The number of nitrogens with zero attached hydrogens (tertiary/aromatic N) is 1. The summed E-state index contributed by atoms with van der Waals surface area (Å²) in [5, 5.41) is 14.4. The Morgan fingerprint density at radius 2 is 1.93 bits per heavy atom. The van der Waals surface area contributed by atoms with Crippen molar-refractivity contribution in [1.82, 2.24) is 15.2 Å². The first-order valence-corrected chi connectivity index (χ1v) is 8.96. The smallest absolute Gasteiger partial charge is 0.404 e. The van der Waals surface area contributed by atoms with Crippen molar-refractivity contribution in [1.29, 1.82) is 0 Å². The zero-order valence-electron chi connectivity index (χ0n) is 16.4. The third-order valence-corrected chi connectivity index (χ3v) is 4.47. The number of pyridine rings is 1. The minimum atomic E-state index is -1.07. The average Bonchev–Trinajstić information content (AvgIpc) is 3.14. The van der Waals surface area contributed by atoms with Crippen LogP contribution >= 0.6 is 0 Å². The fourth-order valence-corrected chi connectivity index (χ4v) is 3.07. The molecule has 154 valence electrons. The SMILES string of the molecule is COc1ccc(-c2cn(C)c(=O)c3cc(CNCCNC(=O)O)oc23)cc1OC. The predicted molar refractivity (Wildman–Crippen MR) is 108 cm³/mol. The molecule has 0 radical (unpaired) electrons. The number of nitrogens with one attached hydrogen (secondary N) is 2. The highest BCUT2D eigenvalue weighted by molar-refractivity contribution is 5.92. The van der Waals surface area contributed by atoms with Gasteiger partial charge in [0.05, 0.1) is 26.2 Å². The normalized spacial score (nSPS) is 10.9. The topological polar surface area (TPSA) is 115 Å². The van der Waals surface area contributed by atoms with Crippen LogP contribution in [0.3, 0.4) is 0 Å². The summed E-state index contributed by atoms with van der Waals surface area (Å²) >= 11 is 0. The first-order valence-electron chi connectivity index (χ1n) is 8.96. The second kappa shape index (κ2) is 8.70. The van der Waals surface area contributed by atoms with Crippen LogP contribution < -0.4 is 25.7 Å². The lowest BCUT2D eigenvalue weighted by Gasteiger charge is -2.11. The number of benzene rings is 1. The number of fused-ring (bicyclic) bond motifs is 1. The Kier molecular flexibility index (Phi) is 6.08. The lowest BCUT2D eigenvalue weighted by atomic mass is 10.1. The number of rotatable bonds is 8. The minimum Gasteiger partial charge on any atom is -0.493 e. The van der Waals surface area contributed by atoms with Crippen LogP contribution in [0.2, 0.25) is 0 Å². The van der Waals surface area contributed by atoms with Crippen LogP contribution in [0, 0.1) is 0 Å². The van der Waals surface area contributed by atoms with Crippen LogP contribution in [0.5, 0.6) is 11.5 Å². The molecular weight excluding hydrogens is 378 g/mol. The van der Waals surface area contributed by atoms with Gasteiger partial charge in [0.1, 0.15) is 11.3 Å². The number of carbonyl (C=O) groups is 1. The average molecular weight is 401 g/mol. The highest BCUT2D eigenvalue weighted by Crippen LogP contribution is 2.35. The van der Waals surface area contributed by atoms with Crippen molar-refractivity contribution in [2.45, 2.75) is 6.54 Å². The third kappa shape index (κ3) is 4.35. The number of hydrogen-bond donors (Lipinski definition) is 3. The Morgan fingerprint density at radius 3 is 2.62 bits per heavy atom. The van der Waals surface area contributed by atoms with E-state index in [0.717, 1.165) is 11.1 Å². The Labute approximate surface area is 166 Å². The van der Waals surface area contributed by atoms with Crippen LogP contribution in [0.15, 0.2) is 39.7 Å². The van der Waals surface area contributed by atoms with Gasteiger partial charge < -0.3 is 34.2 Å². The molecule has 0 spiro atoms. The molecule has 2 aromatic heterocycles. The summed E-state index contributed by atoms with van der Waals surface area (Å²) in [5.41, 5.74) is 1.90. The molecule has 9 heteroatoms. The molecule has 3 N–H and O–H groups in total. The van der Waals surface area contributed by atoms with Crippen molar-refractivity contribution in [3.8, 4) is 22.6 Å². The van der Waals surface area contributed by atoms with Crippen molar-refractivity contribution in [3.05, 3.63) is 46.6 Å². The number of aryl methyl sites for hydroxylation is 1. The molecule has 0 aliphatic heterocycles. The summed E-state index contributed by atoms with van der Waals surface area (Å²) in [4.78, 5) is 23.0. The first kappa shape index (κ1) is 20.3. The van der Waals surface area contributed by atoms with Crippen molar-refractivity contribution >= 4 is 17.1 Å². The van der Waals surface area contributed by atoms with Gasteiger partial charge in [0.2, 0.25) is 0 Å². The number of hydrogen-bond acceptors (Lipinski definition) is 6. The summed E-state index contributed by atoms with van der Waals surface area (Å²) in [7, 11) is 4.82. The van der Waals surface area contributed by atoms with E-state index < -0.39 is 6.09 Å². The highest BCUT2D eigenvalue weighted by atomic mass is 16.5. The van der Waals surface area contributed by atoms with Crippen molar-refractivity contribution in [3.63, 3.8) is 0 Å². The van der Waals surface area contributed by atoms with Gasteiger partial charge in [0.15, 0.2) is 11.5 Å². The molecular formula is C20H23N3O6. The molecule has 0 atom stereocenters. The summed E-state index contributed by atoms with van der Waals surface area (Å²) < 4.78 is 18.1. The van der Waals surface area contributed by atoms with E-state index in [2.05, 4.69) is 10.6 Å². The van der Waals surface area contributed by atoms with Gasteiger partial charge in [-0.3, -0.25) is 4.79 Å². The van der Waals surface area contributed by atoms with E-state index in [-0.39, 0.29) is 12.1 Å². The fraction of sp³-hybridized carbons (Fsp3) is 0.300. The van der Waals surface area contributed by atoms with Gasteiger partial charge in [-0.2, -0.15) is 0 Å². The zero-order valence-corrected chi connectivity index (χ0v) is 16.4. The van der Waals surface area contributed by atoms with Gasteiger partial charge in [0, 0.05) is 31.9 Å². The molecule has 0 aliphatic rings. The first-order chi connectivity index (χ1) is 13.9. The molecule has 2 heterocycles. The molecule has 0 fully saturated rings. The Morgan fingerprint density at radius 1 is 1.17 bits per heavy atom. The summed E-state index contributed by atoms with van der Waals surface area (Å²) in [6.07, 6.45) is 0.655. The predicted octanol–water partition coefficient (Wildman–Crippen LogP) is 2.17. The van der Waals surface area contributed by atoms with Crippen LogP contribution in [-0.4, -0.2) is 43.1 Å². The van der Waals surface area contributed by atoms with Crippen LogP contribution in [-0.2, 0) is 13.6 Å². The lowest BCUT2D eigenvalue weighted by Crippen LogP contribution is -2.30. The molecule has 29 heavy (non-hydrogen) atoms. The fourth-order valence-electron chi connectivity index (χ4n) is 3.07. The largest absolute Gasteiger partial charge is 0.493 e. The number of ether oxygens (including phenoxy) is 2. The third-order valence-electron chi connectivity index (χ3n) is 4.47. The van der Waals surface area contributed by atoms with Crippen LogP contribution in [0.1, 0.15) is 5.76 Å². The molecule has 9 nitrogen and oxygen atoms in total. The van der Waals surface area contributed by atoms with Gasteiger partial charge in [-0.05, 0) is 23.8 Å². The number of carboxylic acid groups (broad SMARTS) is 1. The quantitative estimate of drug-likeness (QED) is 0.496. The van der Waals surface area contributed by atoms with Gasteiger partial charge in [-0.15, -0.1) is 0 Å². The Hall–Kier alpha value is -3.46. The molecule has 0 unspecified atom stereocenters. The summed E-state index contributed by atoms with van der Waals surface area (Å²) in [5.74, 6) is 1.77. The monoisotopic (exact) mass is 401 g/mol. The number of aromatic nitrogens is 1. The van der Waals surface area contributed by atoms with E-state index in [1.54, 1.807) is 39.6 Å². The van der Waals surface area contributed by atoms with Crippen LogP contribution in [0.25, 0.3) is 22.1 Å². The highest BCUT2D eigenvalue weighted by Gasteiger charge is 2.16.